The molecular weight excluding hydrogens is 476 g/mol. The normalized spacial score (nSPS) is 15.9. The Morgan fingerprint density at radius 3 is 2.63 bits per heavy atom. The van der Waals surface area contributed by atoms with Crippen LogP contribution in [0.5, 0.6) is 0 Å². The number of nitrogens with one attached hydrogen (secondary N) is 2. The molecule has 0 spiro atoms. The minimum atomic E-state index is -3.70. The quantitative estimate of drug-likeness (QED) is 0.258. The number of anilines is 1. The van der Waals surface area contributed by atoms with Gasteiger partial charge in [0.25, 0.3) is 5.91 Å². The molecule has 0 saturated heterocycles. The van der Waals surface area contributed by atoms with Crippen LogP contribution in [0.25, 0.3) is 0 Å². The molecule has 0 aromatic heterocycles. The highest BCUT2D eigenvalue weighted by atomic mass is 32.2. The van der Waals surface area contributed by atoms with Crippen LogP contribution in [0.15, 0.2) is 35.3 Å². The summed E-state index contributed by atoms with van der Waals surface area (Å²) in [5.41, 5.74) is 8.31. The molecule has 1 atom stereocenters. The van der Waals surface area contributed by atoms with Gasteiger partial charge in [-0.25, -0.2) is 21.5 Å². The van der Waals surface area contributed by atoms with Crippen LogP contribution in [0.3, 0.4) is 0 Å². The van der Waals surface area contributed by atoms with E-state index >= 15 is 0 Å². The molecule has 196 valence electrons. The summed E-state index contributed by atoms with van der Waals surface area (Å²) in [4.78, 5) is 16.7. The number of alkyl halides is 2. The molecule has 0 bridgehead atoms. The molecule has 0 fully saturated rings. The molecule has 1 unspecified atom stereocenters. The van der Waals surface area contributed by atoms with Crippen LogP contribution in [0, 0.1) is 5.41 Å². The van der Waals surface area contributed by atoms with Crippen molar-refractivity contribution in [3.8, 4) is 0 Å². The molecule has 35 heavy (non-hydrogen) atoms. The molecule has 1 aromatic carbocycles. The number of sulfonamides is 1. The van der Waals surface area contributed by atoms with Crippen molar-refractivity contribution < 1.29 is 22.0 Å². The fourth-order valence-electron chi connectivity index (χ4n) is 3.63. The summed E-state index contributed by atoms with van der Waals surface area (Å²) in [5.74, 6) is -1.16. The number of halogens is 2. The smallest absolute Gasteiger partial charge is 0.273 e. The predicted octanol–water partition coefficient (Wildman–Crippen LogP) is 4.29. The second-order valence-electron chi connectivity index (χ2n) is 8.26. The number of nitrogens with two attached hydrogens (primary N) is 1. The first kappa shape index (κ1) is 30.2. The van der Waals surface area contributed by atoms with Crippen LogP contribution < -0.4 is 11.1 Å². The lowest BCUT2D eigenvalue weighted by molar-refractivity contribution is -0.110. The number of carbonyl (C=O) groups is 1. The Hall–Kier alpha value is -2.82. The number of fused-ring (bicyclic) bond motifs is 1. The molecule has 4 N–H and O–H groups in total. The van der Waals surface area contributed by atoms with Crippen molar-refractivity contribution >= 4 is 33.3 Å². The van der Waals surface area contributed by atoms with E-state index < -0.39 is 22.4 Å². The maximum Gasteiger partial charge on any atom is 0.273 e. The number of nitrogens with zero attached hydrogens (tertiary/aromatic N) is 2. The average Bonchev–Trinajstić information content (AvgIpc) is 2.78. The average molecular weight is 514 g/mol. The Balaban J connectivity index is 0.00000142. The van der Waals surface area contributed by atoms with Gasteiger partial charge in [-0.05, 0) is 67.9 Å². The van der Waals surface area contributed by atoms with Gasteiger partial charge in [-0.1, -0.05) is 31.9 Å². The zero-order valence-electron chi connectivity index (χ0n) is 20.9. The van der Waals surface area contributed by atoms with Gasteiger partial charge in [-0.15, -0.1) is 0 Å². The van der Waals surface area contributed by atoms with E-state index in [0.29, 0.717) is 11.4 Å². The Labute approximate surface area is 207 Å². The van der Waals surface area contributed by atoms with E-state index in [-0.39, 0.29) is 17.6 Å². The summed E-state index contributed by atoms with van der Waals surface area (Å²) in [6.45, 7) is 2.95. The van der Waals surface area contributed by atoms with Gasteiger partial charge in [-0.2, -0.15) is 0 Å². The van der Waals surface area contributed by atoms with E-state index in [9.17, 15) is 22.0 Å². The molecule has 1 amide bonds. The topological polar surface area (TPSA) is 129 Å². The summed E-state index contributed by atoms with van der Waals surface area (Å²) in [6, 6.07) is 5.63. The molecule has 8 nitrogen and oxygen atoms in total. The standard InChI is InChI=1S/C22H33N5O3S.C2H4F2/c1-4-5-6-7-11-20(25-2)21(28)26-18-13-12-16-9-8-10-17(19(16)14-18)15-31(29,30)27(3)22(23)24;1-2(3)4/h7,11-14,17H,4-6,8-10,15H2,1-3H3,(H3,23,24)(H,26,28);2H,1H3/b11-7-,25-20?;. The van der Waals surface area contributed by atoms with Gasteiger partial charge in [0.2, 0.25) is 22.4 Å². The fraction of sp³-hybridized carbons (Fsp3) is 0.542. The minimum Gasteiger partial charge on any atom is -0.369 e. The summed E-state index contributed by atoms with van der Waals surface area (Å²) in [6.07, 6.45) is 7.03. The number of aliphatic imine (C=N–C) groups is 1. The molecule has 1 aliphatic carbocycles. The summed E-state index contributed by atoms with van der Waals surface area (Å²) >= 11 is 0. The lowest BCUT2D eigenvalue weighted by Crippen LogP contribution is -2.40. The van der Waals surface area contributed by atoms with E-state index in [1.807, 2.05) is 24.3 Å². The first-order valence-electron chi connectivity index (χ1n) is 11.6. The van der Waals surface area contributed by atoms with Gasteiger partial charge in [0.15, 0.2) is 0 Å². The maximum atomic E-state index is 12.6. The van der Waals surface area contributed by atoms with Gasteiger partial charge in [-0.3, -0.25) is 15.2 Å². The number of hydrogen-bond donors (Lipinski definition) is 3. The lowest BCUT2D eigenvalue weighted by atomic mass is 9.83. The van der Waals surface area contributed by atoms with Gasteiger partial charge in [0, 0.05) is 19.8 Å². The van der Waals surface area contributed by atoms with Crippen LogP contribution in [0.2, 0.25) is 0 Å². The van der Waals surface area contributed by atoms with Crippen molar-refractivity contribution in [2.24, 2.45) is 10.7 Å². The summed E-state index contributed by atoms with van der Waals surface area (Å²) in [5, 5.41) is 10.3. The highest BCUT2D eigenvalue weighted by Crippen LogP contribution is 2.34. The molecule has 0 saturated carbocycles. The van der Waals surface area contributed by atoms with Crippen molar-refractivity contribution in [3.05, 3.63) is 41.5 Å². The number of hydrogen-bond acceptors (Lipinski definition) is 5. The molecule has 0 heterocycles. The number of unbranched alkanes of at least 4 members (excludes halogenated alkanes) is 2. The SMILES string of the molecule is CC(F)F.CCCC/C=C\C(=NC)C(=O)Nc1ccc2c(c1)C(CS(=O)(=O)N(C)C(=N)N)CCC2. The molecule has 1 aromatic rings. The zero-order valence-corrected chi connectivity index (χ0v) is 21.7. The first-order chi connectivity index (χ1) is 16.4. The predicted molar refractivity (Wildman–Crippen MR) is 138 cm³/mol. The lowest BCUT2D eigenvalue weighted by Gasteiger charge is -2.28. The number of carbonyl (C=O) groups excluding carboxylic acids is 1. The highest BCUT2D eigenvalue weighted by Gasteiger charge is 2.29. The minimum absolute atomic E-state index is 0.130. The number of benzene rings is 1. The number of allylic oxidation sites excluding steroid dienone is 1. The second-order valence-corrected chi connectivity index (χ2v) is 10.3. The first-order valence-corrected chi connectivity index (χ1v) is 13.2. The van der Waals surface area contributed by atoms with Crippen LogP contribution in [-0.4, -0.2) is 56.6 Å². The monoisotopic (exact) mass is 513 g/mol. The number of amides is 1. The van der Waals surface area contributed by atoms with Crippen LogP contribution in [-0.2, 0) is 21.2 Å². The van der Waals surface area contributed by atoms with Crippen LogP contribution in [0.1, 0.15) is 63.0 Å². The van der Waals surface area contributed by atoms with Gasteiger partial charge in [0.05, 0.1) is 5.75 Å². The summed E-state index contributed by atoms with van der Waals surface area (Å²) < 4.78 is 46.7. The van der Waals surface area contributed by atoms with Crippen molar-refractivity contribution in [1.29, 1.82) is 5.41 Å². The van der Waals surface area contributed by atoms with Crippen molar-refractivity contribution in [1.82, 2.24) is 4.31 Å². The Morgan fingerprint density at radius 2 is 2.06 bits per heavy atom. The third-order valence-corrected chi connectivity index (χ3v) is 7.34. The third-order valence-electron chi connectivity index (χ3n) is 5.48. The fourth-order valence-corrected chi connectivity index (χ4v) is 5.01. The molecular formula is C24H37F2N5O3S. The zero-order chi connectivity index (χ0) is 26.6. The Kier molecular flexibility index (Phi) is 12.6. The van der Waals surface area contributed by atoms with Gasteiger partial charge >= 0.3 is 0 Å². The number of guanidine groups is 1. The van der Waals surface area contributed by atoms with E-state index in [1.54, 1.807) is 13.1 Å². The van der Waals surface area contributed by atoms with Crippen molar-refractivity contribution in [2.45, 2.75) is 64.7 Å². The molecule has 2 rings (SSSR count). The Bertz CT molecular complexity index is 1020. The maximum absolute atomic E-state index is 12.6. The van der Waals surface area contributed by atoms with E-state index in [0.717, 1.165) is 60.9 Å². The van der Waals surface area contributed by atoms with E-state index in [2.05, 4.69) is 17.2 Å². The van der Waals surface area contributed by atoms with E-state index in [4.69, 9.17) is 11.1 Å². The molecule has 1 aliphatic rings. The third kappa shape index (κ3) is 10.1. The van der Waals surface area contributed by atoms with Crippen LogP contribution >= 0.6 is 0 Å². The number of aryl methyl sites for hydroxylation is 1. The molecule has 0 radical (unpaired) electrons. The van der Waals surface area contributed by atoms with Crippen LogP contribution in [0.4, 0.5) is 14.5 Å². The van der Waals surface area contributed by atoms with Crippen molar-refractivity contribution in [3.63, 3.8) is 0 Å². The highest BCUT2D eigenvalue weighted by molar-refractivity contribution is 7.89. The number of rotatable bonds is 9. The summed E-state index contributed by atoms with van der Waals surface area (Å²) in [7, 11) is -0.831. The molecule has 11 heteroatoms. The van der Waals surface area contributed by atoms with Gasteiger partial charge in [0.1, 0.15) is 5.71 Å². The van der Waals surface area contributed by atoms with E-state index in [1.165, 1.54) is 7.05 Å². The largest absolute Gasteiger partial charge is 0.369 e. The molecule has 0 aliphatic heterocycles. The Morgan fingerprint density at radius 1 is 1.40 bits per heavy atom. The second kappa shape index (κ2) is 14.6. The van der Waals surface area contributed by atoms with Crippen molar-refractivity contribution in [2.75, 3.05) is 25.2 Å². The van der Waals surface area contributed by atoms with Gasteiger partial charge < -0.3 is 11.1 Å².